The quantitative estimate of drug-likeness (QED) is 0.609. The van der Waals surface area contributed by atoms with Crippen molar-refractivity contribution in [3.8, 4) is 5.75 Å². The third-order valence-corrected chi connectivity index (χ3v) is 5.07. The summed E-state index contributed by atoms with van der Waals surface area (Å²) in [7, 11) is 5.16. The number of guanidine groups is 1. The van der Waals surface area contributed by atoms with Crippen molar-refractivity contribution in [1.82, 2.24) is 10.2 Å². The largest absolute Gasteiger partial charge is 0.494 e. The molecule has 0 amide bonds. The fourth-order valence-corrected chi connectivity index (χ4v) is 3.62. The van der Waals surface area contributed by atoms with Gasteiger partial charge in [0.1, 0.15) is 0 Å². The van der Waals surface area contributed by atoms with Crippen molar-refractivity contribution in [3.05, 3.63) is 65.5 Å². The molecule has 150 valence electrons. The summed E-state index contributed by atoms with van der Waals surface area (Å²) in [4.78, 5) is 6.35. The third-order valence-electron chi connectivity index (χ3n) is 5.07. The maximum absolute atomic E-state index is 13.9. The minimum absolute atomic E-state index is 0.104. The van der Waals surface area contributed by atoms with Crippen LogP contribution >= 0.6 is 0 Å². The highest BCUT2D eigenvalue weighted by Gasteiger charge is 2.29. The number of benzene rings is 2. The monoisotopic (exact) mass is 385 g/mol. The molecule has 2 aromatic rings. The first-order valence-corrected chi connectivity index (χ1v) is 9.53. The van der Waals surface area contributed by atoms with Crippen molar-refractivity contribution in [1.29, 1.82) is 0 Å². The number of rotatable bonds is 6. The van der Waals surface area contributed by atoms with Gasteiger partial charge in [0.05, 0.1) is 13.2 Å². The summed E-state index contributed by atoms with van der Waals surface area (Å²) in [5, 5.41) is 3.45. The highest BCUT2D eigenvalue weighted by molar-refractivity contribution is 5.79. The summed E-state index contributed by atoms with van der Waals surface area (Å²) >= 11 is 0. The second kappa shape index (κ2) is 9.55. The van der Waals surface area contributed by atoms with Gasteiger partial charge in [0.2, 0.25) is 0 Å². The lowest BCUT2D eigenvalue weighted by Gasteiger charge is -2.25. The van der Waals surface area contributed by atoms with E-state index in [2.05, 4.69) is 22.4 Å². The Morgan fingerprint density at radius 3 is 2.75 bits per heavy atom. The van der Waals surface area contributed by atoms with Crippen LogP contribution in [-0.2, 0) is 11.3 Å². The van der Waals surface area contributed by atoms with E-state index in [4.69, 9.17) is 9.47 Å². The normalized spacial score (nSPS) is 19.5. The summed E-state index contributed by atoms with van der Waals surface area (Å²) in [6.07, 6.45) is 1.12. The van der Waals surface area contributed by atoms with Gasteiger partial charge in [-0.3, -0.25) is 4.99 Å². The first kappa shape index (κ1) is 20.1. The summed E-state index contributed by atoms with van der Waals surface area (Å²) in [6, 6.07) is 15.3. The Kier molecular flexibility index (Phi) is 6.87. The van der Waals surface area contributed by atoms with Gasteiger partial charge in [-0.15, -0.1) is 0 Å². The van der Waals surface area contributed by atoms with Gasteiger partial charge in [-0.2, -0.15) is 0 Å². The molecule has 1 saturated heterocycles. The molecule has 0 spiro atoms. The molecule has 5 nitrogen and oxygen atoms in total. The predicted octanol–water partition coefficient (Wildman–Crippen LogP) is 3.62. The van der Waals surface area contributed by atoms with Crippen LogP contribution in [0.15, 0.2) is 53.5 Å². The number of halogens is 1. The van der Waals surface area contributed by atoms with E-state index in [1.807, 2.05) is 36.2 Å². The number of methoxy groups -OCH3 is 1. The predicted molar refractivity (Wildman–Crippen MR) is 109 cm³/mol. The van der Waals surface area contributed by atoms with E-state index in [1.165, 1.54) is 18.7 Å². The Bertz CT molecular complexity index is 798. The topological polar surface area (TPSA) is 46.1 Å². The van der Waals surface area contributed by atoms with Crippen molar-refractivity contribution >= 4 is 5.96 Å². The van der Waals surface area contributed by atoms with E-state index in [-0.39, 0.29) is 17.7 Å². The minimum atomic E-state index is -0.356. The average molecular weight is 385 g/mol. The molecule has 1 heterocycles. The molecule has 0 aliphatic carbocycles. The fourth-order valence-electron chi connectivity index (χ4n) is 3.62. The minimum Gasteiger partial charge on any atom is -0.494 e. The third kappa shape index (κ3) is 4.81. The number of ether oxygens (including phenoxy) is 2. The molecule has 0 aromatic heterocycles. The van der Waals surface area contributed by atoms with Crippen molar-refractivity contribution < 1.29 is 13.9 Å². The Balaban J connectivity index is 1.58. The lowest BCUT2D eigenvalue weighted by atomic mass is 9.95. The van der Waals surface area contributed by atoms with Crippen molar-refractivity contribution in [3.63, 3.8) is 0 Å². The fraction of sp³-hybridized carbons (Fsp3) is 0.409. The molecule has 0 bridgehead atoms. The van der Waals surface area contributed by atoms with Gasteiger partial charge in [0.25, 0.3) is 0 Å². The van der Waals surface area contributed by atoms with Crippen molar-refractivity contribution in [2.45, 2.75) is 19.1 Å². The van der Waals surface area contributed by atoms with Gasteiger partial charge < -0.3 is 19.7 Å². The number of hydrogen-bond acceptors (Lipinski definition) is 3. The number of nitrogens with zero attached hydrogens (tertiary/aromatic N) is 2. The highest BCUT2D eigenvalue weighted by Crippen LogP contribution is 2.33. The first-order valence-electron chi connectivity index (χ1n) is 9.53. The van der Waals surface area contributed by atoms with E-state index >= 15 is 0 Å². The molecule has 0 saturated carbocycles. The second-order valence-corrected chi connectivity index (χ2v) is 7.00. The number of aliphatic imine (C=N–C) groups is 1. The molecule has 2 atom stereocenters. The van der Waals surface area contributed by atoms with E-state index in [0.717, 1.165) is 31.1 Å². The van der Waals surface area contributed by atoms with E-state index in [1.54, 1.807) is 13.1 Å². The zero-order valence-corrected chi connectivity index (χ0v) is 16.7. The Hall–Kier alpha value is -2.60. The van der Waals surface area contributed by atoms with Crippen LogP contribution in [-0.4, -0.2) is 45.2 Å². The number of hydrogen-bond donors (Lipinski definition) is 1. The Morgan fingerprint density at radius 2 is 2.07 bits per heavy atom. The van der Waals surface area contributed by atoms with Gasteiger partial charge in [-0.1, -0.05) is 36.4 Å². The van der Waals surface area contributed by atoms with E-state index in [0.29, 0.717) is 12.5 Å². The molecule has 1 aliphatic rings. The SMILES string of the molecule is CN=C(NCC1CCOC1c1ccccc1)N(C)Cc1ccc(OC)c(F)c1. The zero-order valence-electron chi connectivity index (χ0n) is 16.7. The van der Waals surface area contributed by atoms with E-state index < -0.39 is 0 Å². The van der Waals surface area contributed by atoms with Crippen LogP contribution in [0.2, 0.25) is 0 Å². The molecule has 1 aliphatic heterocycles. The Labute approximate surface area is 166 Å². The van der Waals surface area contributed by atoms with Crippen molar-refractivity contribution in [2.75, 3.05) is 34.4 Å². The molecular weight excluding hydrogens is 357 g/mol. The van der Waals surface area contributed by atoms with Gasteiger partial charge in [-0.05, 0) is 29.7 Å². The summed E-state index contributed by atoms with van der Waals surface area (Å²) in [6.45, 7) is 2.09. The maximum atomic E-state index is 13.9. The van der Waals surface area contributed by atoms with Crippen LogP contribution in [0.4, 0.5) is 4.39 Å². The van der Waals surface area contributed by atoms with Crippen molar-refractivity contribution in [2.24, 2.45) is 10.9 Å². The molecular formula is C22H28FN3O2. The zero-order chi connectivity index (χ0) is 19.9. The molecule has 28 heavy (non-hydrogen) atoms. The number of nitrogens with one attached hydrogen (secondary N) is 1. The van der Waals surface area contributed by atoms with Gasteiger partial charge in [-0.25, -0.2) is 4.39 Å². The highest BCUT2D eigenvalue weighted by atomic mass is 19.1. The summed E-state index contributed by atoms with van der Waals surface area (Å²) < 4.78 is 24.9. The smallest absolute Gasteiger partial charge is 0.193 e. The van der Waals surface area contributed by atoms with Crippen LogP contribution in [0.25, 0.3) is 0 Å². The second-order valence-electron chi connectivity index (χ2n) is 7.00. The van der Waals surface area contributed by atoms with Crippen LogP contribution < -0.4 is 10.1 Å². The van der Waals surface area contributed by atoms with Gasteiger partial charge >= 0.3 is 0 Å². The molecule has 6 heteroatoms. The molecule has 1 N–H and O–H groups in total. The van der Waals surface area contributed by atoms with Crippen LogP contribution in [0.1, 0.15) is 23.7 Å². The molecule has 2 unspecified atom stereocenters. The van der Waals surface area contributed by atoms with E-state index in [9.17, 15) is 4.39 Å². The lowest BCUT2D eigenvalue weighted by molar-refractivity contribution is 0.0914. The van der Waals surface area contributed by atoms with Crippen LogP contribution in [0, 0.1) is 11.7 Å². The first-order chi connectivity index (χ1) is 13.6. The van der Waals surface area contributed by atoms with Gasteiger partial charge in [0, 0.05) is 39.7 Å². The maximum Gasteiger partial charge on any atom is 0.193 e. The Morgan fingerprint density at radius 1 is 1.29 bits per heavy atom. The summed E-state index contributed by atoms with van der Waals surface area (Å²) in [5.41, 5.74) is 2.07. The molecule has 2 aromatic carbocycles. The molecule has 0 radical (unpaired) electrons. The lowest BCUT2D eigenvalue weighted by Crippen LogP contribution is -2.41. The van der Waals surface area contributed by atoms with Crippen LogP contribution in [0.5, 0.6) is 5.75 Å². The standard InChI is InChI=1S/C22H28FN3O2/c1-24-22(26(2)15-16-9-10-20(27-3)19(23)13-16)25-14-18-11-12-28-21(18)17-7-5-4-6-8-17/h4-10,13,18,21H,11-12,14-15H2,1-3H3,(H,24,25). The molecule has 1 fully saturated rings. The van der Waals surface area contributed by atoms with Crippen LogP contribution in [0.3, 0.4) is 0 Å². The average Bonchev–Trinajstić information content (AvgIpc) is 3.18. The van der Waals surface area contributed by atoms with Gasteiger partial charge in [0.15, 0.2) is 17.5 Å². The molecule has 3 rings (SSSR count). The summed E-state index contributed by atoms with van der Waals surface area (Å²) in [5.74, 6) is 1.05.